The predicted molar refractivity (Wildman–Crippen MR) is 112 cm³/mol. The summed E-state index contributed by atoms with van der Waals surface area (Å²) in [5.74, 6) is 0.130. The van der Waals surface area contributed by atoms with Crippen molar-refractivity contribution in [3.8, 4) is 0 Å². The topological polar surface area (TPSA) is 61.4 Å². The van der Waals surface area contributed by atoms with Crippen molar-refractivity contribution in [3.63, 3.8) is 0 Å². The fraction of sp³-hybridized carbons (Fsp3) is 0.391. The quantitative estimate of drug-likeness (QED) is 0.809. The molecule has 2 aromatic carbocycles. The molecule has 1 atom stereocenters. The maximum atomic E-state index is 12.6. The fourth-order valence-electron chi connectivity index (χ4n) is 3.61. The number of rotatable bonds is 6. The minimum atomic E-state index is -0.214. The summed E-state index contributed by atoms with van der Waals surface area (Å²) in [4.78, 5) is 27.2. The summed E-state index contributed by atoms with van der Waals surface area (Å²) < 4.78 is 0. The summed E-state index contributed by atoms with van der Waals surface area (Å²) in [7, 11) is 0. The van der Waals surface area contributed by atoms with E-state index in [1.807, 2.05) is 68.4 Å². The number of likely N-dealkylation sites (tertiary alicyclic amines) is 1. The zero-order valence-electron chi connectivity index (χ0n) is 16.7. The molecule has 1 saturated heterocycles. The molecule has 0 unspecified atom stereocenters. The maximum absolute atomic E-state index is 12.6. The van der Waals surface area contributed by atoms with Crippen LogP contribution in [0.15, 0.2) is 54.6 Å². The molecule has 0 radical (unpaired) electrons. The van der Waals surface area contributed by atoms with Gasteiger partial charge in [0.15, 0.2) is 0 Å². The van der Waals surface area contributed by atoms with Gasteiger partial charge in [0, 0.05) is 18.2 Å². The Morgan fingerprint density at radius 2 is 1.79 bits per heavy atom. The second-order valence-corrected chi connectivity index (χ2v) is 7.55. The maximum Gasteiger partial charge on any atom is 0.241 e. The van der Waals surface area contributed by atoms with Crippen LogP contribution in [0.2, 0.25) is 0 Å². The third-order valence-corrected chi connectivity index (χ3v) is 5.42. The molecule has 0 bridgehead atoms. The van der Waals surface area contributed by atoms with Crippen LogP contribution in [0, 0.1) is 12.8 Å². The van der Waals surface area contributed by atoms with Crippen LogP contribution < -0.4 is 10.6 Å². The molecule has 1 aliphatic heterocycles. The van der Waals surface area contributed by atoms with Crippen molar-refractivity contribution in [2.75, 3.05) is 18.4 Å². The highest BCUT2D eigenvalue weighted by atomic mass is 16.2. The third-order valence-electron chi connectivity index (χ3n) is 5.42. The SMILES string of the molecule is Cc1cccc(NC(=O)[C@@H](C)N2CCC(C(=O)NCc3ccccc3)CC2)c1. The van der Waals surface area contributed by atoms with Gasteiger partial charge in [-0.15, -0.1) is 0 Å². The van der Waals surface area contributed by atoms with Gasteiger partial charge in [-0.25, -0.2) is 0 Å². The lowest BCUT2D eigenvalue weighted by atomic mass is 9.94. The average Bonchev–Trinajstić information content (AvgIpc) is 2.72. The van der Waals surface area contributed by atoms with Gasteiger partial charge in [0.05, 0.1) is 6.04 Å². The third kappa shape index (κ3) is 5.42. The number of benzene rings is 2. The second-order valence-electron chi connectivity index (χ2n) is 7.55. The number of aryl methyl sites for hydroxylation is 1. The van der Waals surface area contributed by atoms with Crippen LogP contribution >= 0.6 is 0 Å². The molecule has 3 rings (SSSR count). The van der Waals surface area contributed by atoms with Gasteiger partial charge < -0.3 is 10.6 Å². The molecule has 0 spiro atoms. The Hall–Kier alpha value is -2.66. The number of carbonyl (C=O) groups excluding carboxylic acids is 2. The highest BCUT2D eigenvalue weighted by molar-refractivity contribution is 5.94. The van der Waals surface area contributed by atoms with Crippen LogP contribution in [0.25, 0.3) is 0 Å². The lowest BCUT2D eigenvalue weighted by Crippen LogP contribution is -2.48. The highest BCUT2D eigenvalue weighted by Gasteiger charge is 2.29. The highest BCUT2D eigenvalue weighted by Crippen LogP contribution is 2.20. The second kappa shape index (κ2) is 9.51. The fourth-order valence-corrected chi connectivity index (χ4v) is 3.61. The Balaban J connectivity index is 1.44. The number of anilines is 1. The van der Waals surface area contributed by atoms with E-state index >= 15 is 0 Å². The minimum absolute atomic E-state index is 0.00224. The number of piperidine rings is 1. The van der Waals surface area contributed by atoms with Crippen LogP contribution in [0.5, 0.6) is 0 Å². The van der Waals surface area contributed by atoms with Gasteiger partial charge in [-0.3, -0.25) is 14.5 Å². The first-order chi connectivity index (χ1) is 13.5. The van der Waals surface area contributed by atoms with Gasteiger partial charge in [-0.05, 0) is 63.0 Å². The standard InChI is InChI=1S/C23H29N3O2/c1-17-7-6-10-21(15-17)25-22(27)18(2)26-13-11-20(12-14-26)23(28)24-16-19-8-4-3-5-9-19/h3-10,15,18,20H,11-14,16H2,1-2H3,(H,24,28)(H,25,27)/t18-/m1/s1. The number of nitrogens with zero attached hydrogens (tertiary/aromatic N) is 1. The molecule has 2 aromatic rings. The molecule has 1 heterocycles. The summed E-state index contributed by atoms with van der Waals surface area (Å²) >= 11 is 0. The molecule has 1 aliphatic rings. The molecule has 2 N–H and O–H groups in total. The van der Waals surface area contributed by atoms with Crippen LogP contribution in [0.3, 0.4) is 0 Å². The van der Waals surface area contributed by atoms with Crippen molar-refractivity contribution >= 4 is 17.5 Å². The first-order valence-electron chi connectivity index (χ1n) is 9.96. The first-order valence-corrected chi connectivity index (χ1v) is 9.96. The Labute approximate surface area is 167 Å². The molecule has 0 aliphatic carbocycles. The van der Waals surface area contributed by atoms with Crippen molar-refractivity contribution in [3.05, 3.63) is 65.7 Å². The van der Waals surface area contributed by atoms with E-state index in [1.165, 1.54) is 0 Å². The largest absolute Gasteiger partial charge is 0.352 e. The van der Waals surface area contributed by atoms with E-state index in [4.69, 9.17) is 0 Å². The molecule has 1 fully saturated rings. The van der Waals surface area contributed by atoms with Gasteiger partial charge in [0.1, 0.15) is 0 Å². The van der Waals surface area contributed by atoms with Crippen molar-refractivity contribution in [2.24, 2.45) is 5.92 Å². The first kappa shape index (κ1) is 20.1. The molecular weight excluding hydrogens is 350 g/mol. The predicted octanol–water partition coefficient (Wildman–Crippen LogP) is 3.35. The number of amides is 2. The number of nitrogens with one attached hydrogen (secondary N) is 2. The number of hydrogen-bond donors (Lipinski definition) is 2. The van der Waals surface area contributed by atoms with E-state index in [2.05, 4.69) is 15.5 Å². The van der Waals surface area contributed by atoms with Gasteiger partial charge in [0.25, 0.3) is 0 Å². The molecule has 5 nitrogen and oxygen atoms in total. The van der Waals surface area contributed by atoms with E-state index in [-0.39, 0.29) is 23.8 Å². The number of hydrogen-bond acceptors (Lipinski definition) is 3. The van der Waals surface area contributed by atoms with Crippen LogP contribution in [-0.4, -0.2) is 35.8 Å². The summed E-state index contributed by atoms with van der Waals surface area (Å²) in [6, 6.07) is 17.5. The summed E-state index contributed by atoms with van der Waals surface area (Å²) in [6.45, 7) is 6.01. The lowest BCUT2D eigenvalue weighted by molar-refractivity contribution is -0.127. The van der Waals surface area contributed by atoms with Crippen LogP contribution in [-0.2, 0) is 16.1 Å². The van der Waals surface area contributed by atoms with Gasteiger partial charge in [-0.2, -0.15) is 0 Å². The summed E-state index contributed by atoms with van der Waals surface area (Å²) in [5, 5.41) is 6.03. The monoisotopic (exact) mass is 379 g/mol. The summed E-state index contributed by atoms with van der Waals surface area (Å²) in [5.41, 5.74) is 3.05. The normalized spacial score (nSPS) is 16.4. The molecule has 2 amide bonds. The smallest absolute Gasteiger partial charge is 0.241 e. The minimum Gasteiger partial charge on any atom is -0.352 e. The van der Waals surface area contributed by atoms with E-state index in [9.17, 15) is 9.59 Å². The van der Waals surface area contributed by atoms with Crippen molar-refractivity contribution in [2.45, 2.75) is 39.3 Å². The Bertz CT molecular complexity index is 799. The van der Waals surface area contributed by atoms with Crippen molar-refractivity contribution < 1.29 is 9.59 Å². The zero-order chi connectivity index (χ0) is 19.9. The zero-order valence-corrected chi connectivity index (χ0v) is 16.7. The van der Waals surface area contributed by atoms with E-state index in [1.54, 1.807) is 0 Å². The van der Waals surface area contributed by atoms with E-state index < -0.39 is 0 Å². The Morgan fingerprint density at radius 3 is 2.46 bits per heavy atom. The van der Waals surface area contributed by atoms with Crippen LogP contribution in [0.1, 0.15) is 30.9 Å². The van der Waals surface area contributed by atoms with E-state index in [0.717, 1.165) is 42.7 Å². The molecule has 148 valence electrons. The molecule has 28 heavy (non-hydrogen) atoms. The van der Waals surface area contributed by atoms with E-state index in [0.29, 0.717) is 6.54 Å². The van der Waals surface area contributed by atoms with Crippen molar-refractivity contribution in [1.82, 2.24) is 10.2 Å². The lowest BCUT2D eigenvalue weighted by Gasteiger charge is -2.34. The Morgan fingerprint density at radius 1 is 1.07 bits per heavy atom. The average molecular weight is 380 g/mol. The summed E-state index contributed by atoms with van der Waals surface area (Å²) in [6.07, 6.45) is 1.56. The van der Waals surface area contributed by atoms with Crippen LogP contribution in [0.4, 0.5) is 5.69 Å². The molecule has 0 saturated carbocycles. The van der Waals surface area contributed by atoms with Gasteiger partial charge in [-0.1, -0.05) is 42.5 Å². The molecular formula is C23H29N3O2. The Kier molecular flexibility index (Phi) is 6.82. The number of carbonyl (C=O) groups is 2. The molecule has 0 aromatic heterocycles. The van der Waals surface area contributed by atoms with Gasteiger partial charge in [0.2, 0.25) is 11.8 Å². The molecule has 5 heteroatoms. The van der Waals surface area contributed by atoms with Gasteiger partial charge >= 0.3 is 0 Å². The van der Waals surface area contributed by atoms with Crippen molar-refractivity contribution in [1.29, 1.82) is 0 Å².